The molecule has 0 spiro atoms. The molecular weight excluding hydrogens is 510 g/mol. The summed E-state index contributed by atoms with van der Waals surface area (Å²) < 4.78 is 0. The smallest absolute Gasteiger partial charge is 0.255 e. The fraction of sp³-hybridized carbons (Fsp3) is 0.677. The van der Waals surface area contributed by atoms with Gasteiger partial charge in [-0.2, -0.15) is 0 Å². The van der Waals surface area contributed by atoms with E-state index in [-0.39, 0.29) is 24.0 Å². The van der Waals surface area contributed by atoms with Crippen molar-refractivity contribution in [2.24, 2.45) is 17.8 Å². The highest BCUT2D eigenvalue weighted by Gasteiger charge is 2.52. The van der Waals surface area contributed by atoms with Crippen molar-refractivity contribution in [1.82, 2.24) is 15.1 Å². The molecule has 210 valence electrons. The third-order valence-electron chi connectivity index (χ3n) is 10.2. The van der Waals surface area contributed by atoms with Crippen molar-refractivity contribution in [3.05, 3.63) is 29.3 Å². The predicted octanol–water partition coefficient (Wildman–Crippen LogP) is 4.57. The van der Waals surface area contributed by atoms with E-state index in [0.717, 1.165) is 47.6 Å². The van der Waals surface area contributed by atoms with E-state index in [1.54, 1.807) is 11.0 Å². The molecule has 4 saturated carbocycles. The molecule has 7 rings (SSSR count). The van der Waals surface area contributed by atoms with Crippen LogP contribution >= 0.6 is 11.8 Å². The van der Waals surface area contributed by atoms with E-state index < -0.39 is 11.9 Å². The first-order chi connectivity index (χ1) is 18.8. The number of imide groups is 1. The molecule has 1 saturated heterocycles. The van der Waals surface area contributed by atoms with Crippen LogP contribution in [-0.2, 0) is 20.9 Å². The molecule has 8 heteroatoms. The second-order valence-corrected chi connectivity index (χ2v) is 14.0. The number of nitrogens with zero attached hydrogens (tertiary/aromatic N) is 2. The fourth-order valence-corrected chi connectivity index (χ4v) is 9.36. The first-order valence-electron chi connectivity index (χ1n) is 14.9. The lowest BCUT2D eigenvalue weighted by Gasteiger charge is -2.60. The molecule has 2 aliphatic heterocycles. The zero-order valence-electron chi connectivity index (χ0n) is 23.1. The Kier molecular flexibility index (Phi) is 7.62. The van der Waals surface area contributed by atoms with Crippen molar-refractivity contribution in [3.8, 4) is 0 Å². The third kappa shape index (κ3) is 5.56. The number of hydrogen-bond donors (Lipinski definition) is 1. The Bertz CT molecular complexity index is 1130. The van der Waals surface area contributed by atoms with Crippen molar-refractivity contribution < 1.29 is 19.2 Å². The van der Waals surface area contributed by atoms with Gasteiger partial charge in [-0.1, -0.05) is 6.42 Å². The summed E-state index contributed by atoms with van der Waals surface area (Å²) in [5, 5.41) is 2.34. The maximum atomic E-state index is 12.9. The van der Waals surface area contributed by atoms with E-state index >= 15 is 0 Å². The number of fused-ring (bicyclic) bond motifs is 1. The maximum absolute atomic E-state index is 12.9. The number of benzene rings is 1. The fourth-order valence-electron chi connectivity index (χ4n) is 8.49. The lowest BCUT2D eigenvalue weighted by molar-refractivity contribution is -0.137. The topological polar surface area (TPSA) is 86.8 Å². The average molecular weight is 552 g/mol. The zero-order valence-corrected chi connectivity index (χ0v) is 23.9. The molecule has 2 heterocycles. The molecule has 4 bridgehead atoms. The number of amides is 3. The standard InChI is InChI=1S/C31H41N3O4S/c1-33(31-15-20-11-21(16-31)13-22(12-20)17-31)10-4-2-3-5-24(35)19-39-25-6-7-26-23(14-25)18-34(30(26)38)27-8-9-28(36)32-29(27)37/h6-7,14,20-22,27H,2-5,8-13,15-19H2,1H3,(H,32,36,37). The molecule has 6 aliphatic rings. The molecule has 5 fully saturated rings. The van der Waals surface area contributed by atoms with Gasteiger partial charge in [-0.05, 0) is 113 Å². The summed E-state index contributed by atoms with van der Waals surface area (Å²) in [7, 11) is 2.35. The molecule has 0 aromatic heterocycles. The SMILES string of the molecule is CN(CCCCCC(=O)CSc1ccc2c(c1)CN(C1CCC(=O)NC1=O)C2=O)C12CC3CC(CC(C3)C1)C2. The van der Waals surface area contributed by atoms with Crippen molar-refractivity contribution in [2.45, 2.75) is 100 Å². The Balaban J connectivity index is 0.912. The van der Waals surface area contributed by atoms with Crippen LogP contribution < -0.4 is 5.32 Å². The number of rotatable bonds is 11. The van der Waals surface area contributed by atoms with Gasteiger partial charge in [-0.15, -0.1) is 11.8 Å². The Morgan fingerprint density at radius 2 is 1.77 bits per heavy atom. The van der Waals surface area contributed by atoms with Crippen LogP contribution in [0.15, 0.2) is 23.1 Å². The molecule has 1 unspecified atom stereocenters. The van der Waals surface area contributed by atoms with Gasteiger partial charge in [-0.3, -0.25) is 24.5 Å². The van der Waals surface area contributed by atoms with Crippen LogP contribution in [0.2, 0.25) is 0 Å². The maximum Gasteiger partial charge on any atom is 0.255 e. The van der Waals surface area contributed by atoms with E-state index in [2.05, 4.69) is 17.3 Å². The van der Waals surface area contributed by atoms with Crippen LogP contribution in [0.25, 0.3) is 0 Å². The van der Waals surface area contributed by atoms with Gasteiger partial charge in [0.15, 0.2) is 0 Å². The van der Waals surface area contributed by atoms with E-state index in [1.807, 2.05) is 12.1 Å². The van der Waals surface area contributed by atoms with Crippen molar-refractivity contribution >= 4 is 35.3 Å². The summed E-state index contributed by atoms with van der Waals surface area (Å²) in [6, 6.07) is 5.06. The second-order valence-electron chi connectivity index (χ2n) is 12.9. The Hall–Kier alpha value is -2.19. The minimum absolute atomic E-state index is 0.166. The number of Topliss-reactive ketones (excluding diaryl/α,β-unsaturated/α-hetero) is 1. The largest absolute Gasteiger partial charge is 0.322 e. The summed E-state index contributed by atoms with van der Waals surface area (Å²) in [6.45, 7) is 1.51. The monoisotopic (exact) mass is 551 g/mol. The molecule has 3 amide bonds. The second kappa shape index (κ2) is 11.0. The van der Waals surface area contributed by atoms with Crippen LogP contribution in [0.1, 0.15) is 93.0 Å². The molecule has 4 aliphatic carbocycles. The molecule has 1 aromatic rings. The molecule has 1 atom stereocenters. The van der Waals surface area contributed by atoms with Crippen LogP contribution in [-0.4, -0.2) is 64.2 Å². The van der Waals surface area contributed by atoms with Crippen molar-refractivity contribution in [3.63, 3.8) is 0 Å². The number of ketones is 1. The molecule has 7 nitrogen and oxygen atoms in total. The summed E-state index contributed by atoms with van der Waals surface area (Å²) in [6.07, 6.45) is 13.1. The summed E-state index contributed by atoms with van der Waals surface area (Å²) in [5.74, 6) is 2.80. The predicted molar refractivity (Wildman–Crippen MR) is 150 cm³/mol. The summed E-state index contributed by atoms with van der Waals surface area (Å²) >= 11 is 1.52. The van der Waals surface area contributed by atoms with Gasteiger partial charge in [0.25, 0.3) is 5.91 Å². The lowest BCUT2D eigenvalue weighted by Crippen LogP contribution is -2.58. The van der Waals surface area contributed by atoms with Gasteiger partial charge in [0.05, 0.1) is 5.75 Å². The van der Waals surface area contributed by atoms with Crippen LogP contribution in [0, 0.1) is 17.8 Å². The van der Waals surface area contributed by atoms with Gasteiger partial charge >= 0.3 is 0 Å². The molecule has 1 aromatic carbocycles. The molecule has 0 radical (unpaired) electrons. The first-order valence-corrected chi connectivity index (χ1v) is 15.9. The first kappa shape index (κ1) is 27.0. The Morgan fingerprint density at radius 1 is 1.05 bits per heavy atom. The zero-order chi connectivity index (χ0) is 27.1. The van der Waals surface area contributed by atoms with E-state index in [0.29, 0.717) is 36.2 Å². The highest BCUT2D eigenvalue weighted by Crippen LogP contribution is 2.57. The minimum atomic E-state index is -0.604. The van der Waals surface area contributed by atoms with Crippen LogP contribution in [0.5, 0.6) is 0 Å². The number of unbranched alkanes of at least 4 members (excludes halogenated alkanes) is 2. The number of thioether (sulfide) groups is 1. The third-order valence-corrected chi connectivity index (χ3v) is 11.2. The number of nitrogens with one attached hydrogen (secondary N) is 1. The van der Waals surface area contributed by atoms with Crippen LogP contribution in [0.4, 0.5) is 0 Å². The van der Waals surface area contributed by atoms with E-state index in [4.69, 9.17) is 0 Å². The van der Waals surface area contributed by atoms with Gasteiger partial charge < -0.3 is 9.80 Å². The summed E-state index contributed by atoms with van der Waals surface area (Å²) in [5.41, 5.74) is 1.96. The molecule has 39 heavy (non-hydrogen) atoms. The van der Waals surface area contributed by atoms with Gasteiger partial charge in [0, 0.05) is 35.4 Å². The number of carbonyl (C=O) groups excluding carboxylic acids is 4. The minimum Gasteiger partial charge on any atom is -0.322 e. The quantitative estimate of drug-likeness (QED) is 0.246. The Labute approximate surface area is 235 Å². The van der Waals surface area contributed by atoms with E-state index in [1.165, 1.54) is 56.7 Å². The van der Waals surface area contributed by atoms with Crippen molar-refractivity contribution in [1.29, 1.82) is 0 Å². The number of piperidine rings is 1. The lowest BCUT2D eigenvalue weighted by atomic mass is 9.52. The highest BCUT2D eigenvalue weighted by atomic mass is 32.2. The highest BCUT2D eigenvalue weighted by molar-refractivity contribution is 8.00. The van der Waals surface area contributed by atoms with Gasteiger partial charge in [0.2, 0.25) is 11.8 Å². The number of hydrogen-bond acceptors (Lipinski definition) is 6. The van der Waals surface area contributed by atoms with Gasteiger partial charge in [-0.25, -0.2) is 0 Å². The van der Waals surface area contributed by atoms with E-state index in [9.17, 15) is 19.2 Å². The molecular formula is C31H41N3O4S. The van der Waals surface area contributed by atoms with Crippen molar-refractivity contribution in [2.75, 3.05) is 19.3 Å². The van der Waals surface area contributed by atoms with Crippen LogP contribution in [0.3, 0.4) is 0 Å². The normalized spacial score (nSPS) is 31.2. The summed E-state index contributed by atoms with van der Waals surface area (Å²) in [4.78, 5) is 54.4. The average Bonchev–Trinajstić information content (AvgIpc) is 3.21. The van der Waals surface area contributed by atoms with Gasteiger partial charge in [0.1, 0.15) is 11.8 Å². The Morgan fingerprint density at radius 3 is 2.46 bits per heavy atom. The molecule has 1 N–H and O–H groups in total. The number of carbonyl (C=O) groups is 4.